The minimum atomic E-state index is -0.365. The van der Waals surface area contributed by atoms with E-state index in [1.807, 2.05) is 19.1 Å². The van der Waals surface area contributed by atoms with Crippen molar-refractivity contribution in [1.82, 2.24) is 0 Å². The molecule has 1 aromatic carbocycles. The topological polar surface area (TPSA) is 44.5 Å². The minimum absolute atomic E-state index is 0.197. The van der Waals surface area contributed by atoms with E-state index in [2.05, 4.69) is 26.8 Å². The Morgan fingerprint density at radius 3 is 2.50 bits per heavy atom. The Labute approximate surface area is 110 Å². The van der Waals surface area contributed by atoms with Crippen molar-refractivity contribution in [3.8, 4) is 5.75 Å². The second kappa shape index (κ2) is 6.21. The fourth-order valence-corrected chi connectivity index (χ4v) is 2.17. The van der Waals surface area contributed by atoms with Crippen molar-refractivity contribution in [3.63, 3.8) is 0 Å². The van der Waals surface area contributed by atoms with Gasteiger partial charge in [-0.2, -0.15) is 0 Å². The lowest BCUT2D eigenvalue weighted by molar-refractivity contribution is -0.0476. The van der Waals surface area contributed by atoms with Gasteiger partial charge >= 0.3 is 0 Å². The summed E-state index contributed by atoms with van der Waals surface area (Å²) in [7, 11) is 1.67. The molecule has 0 spiro atoms. The van der Waals surface area contributed by atoms with Gasteiger partial charge < -0.3 is 15.2 Å². The van der Waals surface area contributed by atoms with E-state index in [1.165, 1.54) is 5.56 Å². The van der Waals surface area contributed by atoms with Crippen molar-refractivity contribution in [3.05, 3.63) is 29.3 Å². The summed E-state index contributed by atoms with van der Waals surface area (Å²) in [6, 6.07) is 5.87. The van der Waals surface area contributed by atoms with Crippen LogP contribution in [0.2, 0.25) is 0 Å². The molecule has 0 aliphatic rings. The van der Waals surface area contributed by atoms with E-state index in [1.54, 1.807) is 7.11 Å². The van der Waals surface area contributed by atoms with Crippen molar-refractivity contribution in [2.45, 2.75) is 45.8 Å². The SMILES string of the molecule is CCOC(C)(CC)C(N)c1cc(C)ccc1OC. The highest BCUT2D eigenvalue weighted by atomic mass is 16.5. The second-order valence-electron chi connectivity index (χ2n) is 4.82. The molecule has 0 fully saturated rings. The first kappa shape index (κ1) is 15.0. The van der Waals surface area contributed by atoms with E-state index in [4.69, 9.17) is 15.2 Å². The van der Waals surface area contributed by atoms with Crippen LogP contribution >= 0.6 is 0 Å². The minimum Gasteiger partial charge on any atom is -0.496 e. The number of hydrogen-bond donors (Lipinski definition) is 1. The molecular formula is C15H25NO2. The summed E-state index contributed by atoms with van der Waals surface area (Å²) >= 11 is 0. The van der Waals surface area contributed by atoms with Gasteiger partial charge in [0.15, 0.2) is 0 Å². The first-order valence-corrected chi connectivity index (χ1v) is 6.52. The molecule has 0 radical (unpaired) electrons. The fourth-order valence-electron chi connectivity index (χ4n) is 2.17. The average Bonchev–Trinajstić information content (AvgIpc) is 2.38. The molecule has 1 rings (SSSR count). The smallest absolute Gasteiger partial charge is 0.123 e. The zero-order valence-corrected chi connectivity index (χ0v) is 12.1. The highest BCUT2D eigenvalue weighted by Crippen LogP contribution is 2.35. The van der Waals surface area contributed by atoms with Gasteiger partial charge in [-0.25, -0.2) is 0 Å². The molecule has 3 heteroatoms. The summed E-state index contributed by atoms with van der Waals surface area (Å²) in [5.41, 5.74) is 8.23. The van der Waals surface area contributed by atoms with Gasteiger partial charge in [0.2, 0.25) is 0 Å². The van der Waals surface area contributed by atoms with Crippen LogP contribution in [0.5, 0.6) is 5.75 Å². The van der Waals surface area contributed by atoms with E-state index < -0.39 is 0 Å². The third kappa shape index (κ3) is 3.03. The van der Waals surface area contributed by atoms with E-state index >= 15 is 0 Å². The molecule has 2 unspecified atom stereocenters. The predicted molar refractivity (Wildman–Crippen MR) is 75.0 cm³/mol. The molecule has 18 heavy (non-hydrogen) atoms. The molecule has 3 nitrogen and oxygen atoms in total. The van der Waals surface area contributed by atoms with Gasteiger partial charge in [-0.15, -0.1) is 0 Å². The van der Waals surface area contributed by atoms with Crippen LogP contribution in [0.4, 0.5) is 0 Å². The number of rotatable bonds is 6. The van der Waals surface area contributed by atoms with Crippen LogP contribution in [-0.4, -0.2) is 19.3 Å². The van der Waals surface area contributed by atoms with Crippen molar-refractivity contribution < 1.29 is 9.47 Å². The predicted octanol–water partition coefficient (Wildman–Crippen LogP) is 3.21. The maximum atomic E-state index is 6.41. The number of ether oxygens (including phenoxy) is 2. The summed E-state index contributed by atoms with van der Waals surface area (Å²) in [6.07, 6.45) is 0.860. The number of methoxy groups -OCH3 is 1. The molecule has 0 heterocycles. The van der Waals surface area contributed by atoms with Gasteiger partial charge in [-0.3, -0.25) is 0 Å². The lowest BCUT2D eigenvalue weighted by atomic mass is 9.87. The van der Waals surface area contributed by atoms with Gasteiger partial charge in [-0.1, -0.05) is 24.6 Å². The third-order valence-electron chi connectivity index (χ3n) is 3.55. The van der Waals surface area contributed by atoms with Crippen LogP contribution in [0, 0.1) is 6.92 Å². The molecule has 0 bridgehead atoms. The van der Waals surface area contributed by atoms with Gasteiger partial charge in [0, 0.05) is 12.2 Å². The summed E-state index contributed by atoms with van der Waals surface area (Å²) in [5, 5.41) is 0. The lowest BCUT2D eigenvalue weighted by Crippen LogP contribution is -2.40. The van der Waals surface area contributed by atoms with E-state index in [0.29, 0.717) is 6.61 Å². The Morgan fingerprint density at radius 2 is 2.00 bits per heavy atom. The van der Waals surface area contributed by atoms with Crippen molar-refractivity contribution in [2.75, 3.05) is 13.7 Å². The highest BCUT2D eigenvalue weighted by molar-refractivity contribution is 5.40. The molecule has 0 aliphatic heterocycles. The number of aryl methyl sites for hydroxylation is 1. The number of nitrogens with two attached hydrogens (primary N) is 1. The summed E-state index contributed by atoms with van der Waals surface area (Å²) in [5.74, 6) is 0.826. The summed E-state index contributed by atoms with van der Waals surface area (Å²) < 4.78 is 11.3. The van der Waals surface area contributed by atoms with Gasteiger partial charge in [0.05, 0.1) is 18.8 Å². The Balaban J connectivity index is 3.15. The first-order chi connectivity index (χ1) is 8.48. The van der Waals surface area contributed by atoms with Gasteiger partial charge in [-0.05, 0) is 33.3 Å². The second-order valence-corrected chi connectivity index (χ2v) is 4.82. The molecular weight excluding hydrogens is 226 g/mol. The molecule has 102 valence electrons. The fraction of sp³-hybridized carbons (Fsp3) is 0.600. The molecule has 0 saturated heterocycles. The monoisotopic (exact) mass is 251 g/mol. The Hall–Kier alpha value is -1.06. The zero-order valence-electron chi connectivity index (χ0n) is 12.1. The maximum absolute atomic E-state index is 6.41. The van der Waals surface area contributed by atoms with Gasteiger partial charge in [0.1, 0.15) is 5.75 Å². The van der Waals surface area contributed by atoms with Crippen molar-refractivity contribution >= 4 is 0 Å². The van der Waals surface area contributed by atoms with Gasteiger partial charge in [0.25, 0.3) is 0 Å². The largest absolute Gasteiger partial charge is 0.496 e. The lowest BCUT2D eigenvalue weighted by Gasteiger charge is -2.35. The molecule has 0 aromatic heterocycles. The van der Waals surface area contributed by atoms with Crippen LogP contribution in [0.25, 0.3) is 0 Å². The standard InChI is InChI=1S/C15H25NO2/c1-6-15(4,18-7-2)14(16)12-10-11(3)8-9-13(12)17-5/h8-10,14H,6-7,16H2,1-5H3. The molecule has 0 amide bonds. The first-order valence-electron chi connectivity index (χ1n) is 6.52. The number of hydrogen-bond acceptors (Lipinski definition) is 3. The van der Waals surface area contributed by atoms with Crippen LogP contribution in [0.15, 0.2) is 18.2 Å². The number of benzene rings is 1. The molecule has 0 aliphatic carbocycles. The van der Waals surface area contributed by atoms with E-state index in [-0.39, 0.29) is 11.6 Å². The highest BCUT2D eigenvalue weighted by Gasteiger charge is 2.33. The maximum Gasteiger partial charge on any atom is 0.123 e. The molecule has 0 saturated carbocycles. The van der Waals surface area contributed by atoms with E-state index in [9.17, 15) is 0 Å². The average molecular weight is 251 g/mol. The molecule has 2 atom stereocenters. The normalized spacial score (nSPS) is 16.1. The van der Waals surface area contributed by atoms with Crippen LogP contribution < -0.4 is 10.5 Å². The summed E-state index contributed by atoms with van der Waals surface area (Å²) in [4.78, 5) is 0. The Morgan fingerprint density at radius 1 is 1.33 bits per heavy atom. The van der Waals surface area contributed by atoms with Crippen LogP contribution in [-0.2, 0) is 4.74 Å². The Kier molecular flexibility index (Phi) is 5.17. The summed E-state index contributed by atoms with van der Waals surface area (Å²) in [6.45, 7) is 8.86. The quantitative estimate of drug-likeness (QED) is 0.844. The van der Waals surface area contributed by atoms with Crippen molar-refractivity contribution in [2.24, 2.45) is 5.73 Å². The van der Waals surface area contributed by atoms with Crippen LogP contribution in [0.1, 0.15) is 44.4 Å². The van der Waals surface area contributed by atoms with E-state index in [0.717, 1.165) is 17.7 Å². The zero-order chi connectivity index (χ0) is 13.8. The van der Waals surface area contributed by atoms with Crippen molar-refractivity contribution in [1.29, 1.82) is 0 Å². The third-order valence-corrected chi connectivity index (χ3v) is 3.55. The molecule has 2 N–H and O–H groups in total. The van der Waals surface area contributed by atoms with Crippen LogP contribution in [0.3, 0.4) is 0 Å². The molecule has 1 aromatic rings. The Bertz CT molecular complexity index is 392.